The van der Waals surface area contributed by atoms with Crippen molar-refractivity contribution in [3.05, 3.63) is 0 Å². The second-order valence-corrected chi connectivity index (χ2v) is 14.2. The van der Waals surface area contributed by atoms with E-state index in [1.165, 1.54) is 0 Å². The van der Waals surface area contributed by atoms with E-state index in [0.717, 1.165) is 6.42 Å². The molecule has 1 heterocycles. The van der Waals surface area contributed by atoms with Crippen LogP contribution in [0.5, 0.6) is 0 Å². The SMILES string of the molecule is C[C@@H](C(=O)C(C)(C)O[Si](C)(C)C)[C@@H](O)[C@@H]1CCCN1C(=O)OC(C)(C)C. The molecule has 1 aliphatic heterocycles. The molecule has 1 amide bonds. The number of aliphatic hydroxyl groups is 1. The van der Waals surface area contributed by atoms with Crippen molar-refractivity contribution >= 4 is 20.2 Å². The lowest BCUT2D eigenvalue weighted by Crippen LogP contribution is -2.53. The summed E-state index contributed by atoms with van der Waals surface area (Å²) in [6, 6.07) is -0.411. The normalized spacial score (nSPS) is 21.5. The second kappa shape index (κ2) is 7.98. The highest BCUT2D eigenvalue weighted by Crippen LogP contribution is 2.30. The molecule has 0 bridgehead atoms. The van der Waals surface area contributed by atoms with Gasteiger partial charge in [0.1, 0.15) is 11.2 Å². The van der Waals surface area contributed by atoms with Crippen LogP contribution in [0.2, 0.25) is 19.6 Å². The Morgan fingerprint density at radius 2 is 1.69 bits per heavy atom. The summed E-state index contributed by atoms with van der Waals surface area (Å²) in [6.07, 6.45) is 0.0719. The van der Waals surface area contributed by atoms with Crippen molar-refractivity contribution in [2.75, 3.05) is 6.54 Å². The number of rotatable bonds is 6. The minimum absolute atomic E-state index is 0.136. The minimum atomic E-state index is -1.91. The molecule has 1 aliphatic rings. The predicted molar refractivity (Wildman–Crippen MR) is 105 cm³/mol. The van der Waals surface area contributed by atoms with Gasteiger partial charge in [-0.05, 0) is 67.1 Å². The molecule has 1 fully saturated rings. The van der Waals surface area contributed by atoms with Crippen molar-refractivity contribution < 1.29 is 23.9 Å². The van der Waals surface area contributed by atoms with Gasteiger partial charge in [0.25, 0.3) is 0 Å². The molecule has 0 saturated carbocycles. The monoisotopic (exact) mass is 387 g/mol. The van der Waals surface area contributed by atoms with E-state index in [-0.39, 0.29) is 5.78 Å². The second-order valence-electron chi connectivity index (χ2n) is 9.75. The maximum Gasteiger partial charge on any atom is 0.410 e. The molecule has 1 saturated heterocycles. The number of ether oxygens (including phenoxy) is 1. The van der Waals surface area contributed by atoms with Crippen LogP contribution in [-0.2, 0) is 14.0 Å². The van der Waals surface area contributed by atoms with Gasteiger partial charge in [-0.2, -0.15) is 0 Å². The van der Waals surface area contributed by atoms with E-state index < -0.39 is 43.7 Å². The molecule has 1 rings (SSSR count). The van der Waals surface area contributed by atoms with Crippen molar-refractivity contribution in [3.8, 4) is 0 Å². The molecule has 0 aromatic heterocycles. The number of aliphatic hydroxyl groups excluding tert-OH is 1. The first-order valence-corrected chi connectivity index (χ1v) is 12.9. The Morgan fingerprint density at radius 1 is 1.15 bits per heavy atom. The molecule has 1 N–H and O–H groups in total. The smallest absolute Gasteiger partial charge is 0.410 e. The molecular formula is C19H37NO5Si. The van der Waals surface area contributed by atoms with E-state index in [1.54, 1.807) is 25.7 Å². The van der Waals surface area contributed by atoms with Crippen LogP contribution in [0.4, 0.5) is 4.79 Å². The fourth-order valence-corrected chi connectivity index (χ4v) is 5.18. The first-order chi connectivity index (χ1) is 11.6. The minimum Gasteiger partial charge on any atom is -0.444 e. The van der Waals surface area contributed by atoms with E-state index in [9.17, 15) is 14.7 Å². The Labute approximate surface area is 159 Å². The summed E-state index contributed by atoms with van der Waals surface area (Å²) in [5.74, 6) is -0.766. The highest BCUT2D eigenvalue weighted by molar-refractivity contribution is 6.70. The predicted octanol–water partition coefficient (Wildman–Crippen LogP) is 3.58. The Bertz CT molecular complexity index is 521. The van der Waals surface area contributed by atoms with Crippen LogP contribution < -0.4 is 0 Å². The summed E-state index contributed by atoms with van der Waals surface area (Å²) in [7, 11) is -1.91. The summed E-state index contributed by atoms with van der Waals surface area (Å²) in [5, 5.41) is 10.9. The third kappa shape index (κ3) is 6.35. The third-order valence-corrected chi connectivity index (χ3v) is 5.52. The zero-order valence-corrected chi connectivity index (χ0v) is 18.9. The van der Waals surface area contributed by atoms with E-state index >= 15 is 0 Å². The fraction of sp³-hybridized carbons (Fsp3) is 0.895. The van der Waals surface area contributed by atoms with Crippen LogP contribution in [0.25, 0.3) is 0 Å². The zero-order valence-electron chi connectivity index (χ0n) is 17.9. The van der Waals surface area contributed by atoms with Gasteiger partial charge in [-0.15, -0.1) is 0 Å². The van der Waals surface area contributed by atoms with Gasteiger partial charge in [-0.25, -0.2) is 4.79 Å². The average molecular weight is 388 g/mol. The van der Waals surface area contributed by atoms with Crippen LogP contribution in [-0.4, -0.2) is 60.1 Å². The number of ketones is 1. The van der Waals surface area contributed by atoms with Crippen LogP contribution in [0, 0.1) is 5.92 Å². The molecule has 7 heteroatoms. The maximum atomic E-state index is 12.9. The fourth-order valence-electron chi connectivity index (χ4n) is 3.55. The summed E-state index contributed by atoms with van der Waals surface area (Å²) < 4.78 is 11.5. The Balaban J connectivity index is 2.87. The number of nitrogens with zero attached hydrogens (tertiary/aromatic N) is 1. The van der Waals surface area contributed by atoms with Crippen molar-refractivity contribution in [2.24, 2.45) is 5.92 Å². The quantitative estimate of drug-likeness (QED) is 0.705. The summed E-state index contributed by atoms with van der Waals surface area (Å²) in [6.45, 7) is 17.3. The number of hydrogen-bond acceptors (Lipinski definition) is 5. The number of carbonyl (C=O) groups excluding carboxylic acids is 2. The lowest BCUT2D eigenvalue weighted by molar-refractivity contribution is -0.141. The first kappa shape index (κ1) is 23.1. The molecule has 0 aromatic carbocycles. The van der Waals surface area contributed by atoms with Crippen LogP contribution in [0.1, 0.15) is 54.4 Å². The highest BCUT2D eigenvalue weighted by atomic mass is 28.4. The van der Waals surface area contributed by atoms with Gasteiger partial charge < -0.3 is 19.2 Å². The van der Waals surface area contributed by atoms with Gasteiger partial charge in [-0.3, -0.25) is 4.79 Å². The highest BCUT2D eigenvalue weighted by Gasteiger charge is 2.44. The van der Waals surface area contributed by atoms with Crippen molar-refractivity contribution in [2.45, 2.75) is 97.4 Å². The number of likely N-dealkylation sites (tertiary alicyclic amines) is 1. The summed E-state index contributed by atoms with van der Waals surface area (Å²) in [4.78, 5) is 27.0. The largest absolute Gasteiger partial charge is 0.444 e. The van der Waals surface area contributed by atoms with Crippen molar-refractivity contribution in [3.63, 3.8) is 0 Å². The molecule has 3 atom stereocenters. The van der Waals surface area contributed by atoms with E-state index in [2.05, 4.69) is 0 Å². The maximum absolute atomic E-state index is 12.9. The van der Waals surface area contributed by atoms with Crippen molar-refractivity contribution in [1.29, 1.82) is 0 Å². The Kier molecular flexibility index (Phi) is 7.10. The zero-order chi connectivity index (χ0) is 20.5. The Morgan fingerprint density at radius 3 is 2.15 bits per heavy atom. The molecule has 26 heavy (non-hydrogen) atoms. The van der Waals surface area contributed by atoms with E-state index in [0.29, 0.717) is 13.0 Å². The topological polar surface area (TPSA) is 76.1 Å². The van der Waals surface area contributed by atoms with Gasteiger partial charge in [0, 0.05) is 12.5 Å². The van der Waals surface area contributed by atoms with Crippen molar-refractivity contribution in [1.82, 2.24) is 4.90 Å². The molecule has 0 unspecified atom stereocenters. The lowest BCUT2D eigenvalue weighted by Gasteiger charge is -2.37. The summed E-state index contributed by atoms with van der Waals surface area (Å²) >= 11 is 0. The number of amides is 1. The first-order valence-electron chi connectivity index (χ1n) is 9.47. The molecule has 6 nitrogen and oxygen atoms in total. The number of carbonyl (C=O) groups is 2. The average Bonchev–Trinajstić information content (AvgIpc) is 2.89. The summed E-state index contributed by atoms with van der Waals surface area (Å²) in [5.41, 5.74) is -1.55. The number of hydrogen-bond donors (Lipinski definition) is 1. The van der Waals surface area contributed by atoms with Gasteiger partial charge in [-0.1, -0.05) is 6.92 Å². The van der Waals surface area contributed by atoms with Crippen LogP contribution in [0.15, 0.2) is 0 Å². The van der Waals surface area contributed by atoms with Gasteiger partial charge in [0.2, 0.25) is 0 Å². The van der Waals surface area contributed by atoms with E-state index in [4.69, 9.17) is 9.16 Å². The molecule has 0 aliphatic carbocycles. The molecular weight excluding hydrogens is 350 g/mol. The van der Waals surface area contributed by atoms with E-state index in [1.807, 2.05) is 40.4 Å². The molecule has 0 aromatic rings. The number of Topliss-reactive ketones (excluding diaryl/α,β-unsaturated/α-hetero) is 1. The molecule has 0 radical (unpaired) electrons. The van der Waals surface area contributed by atoms with Gasteiger partial charge >= 0.3 is 6.09 Å². The van der Waals surface area contributed by atoms with Crippen LogP contribution in [0.3, 0.4) is 0 Å². The van der Waals surface area contributed by atoms with Crippen LogP contribution >= 0.6 is 0 Å². The Hall–Kier alpha value is -0.923. The van der Waals surface area contributed by atoms with Gasteiger partial charge in [0.15, 0.2) is 14.1 Å². The lowest BCUT2D eigenvalue weighted by atomic mass is 9.85. The standard InChI is InChI=1S/C19H37NO5Si/c1-13(16(22)19(5,6)25-26(7,8)9)15(21)14-11-10-12-20(14)17(23)24-18(2,3)4/h13-15,21H,10-12H2,1-9H3/t13-,14+,15-/m1/s1. The molecule has 0 spiro atoms. The molecule has 152 valence electrons. The third-order valence-electron chi connectivity index (χ3n) is 4.40. The van der Waals surface area contributed by atoms with Gasteiger partial charge in [0.05, 0.1) is 12.1 Å².